The topological polar surface area (TPSA) is 36.8 Å². The molecule has 1 unspecified atom stereocenters. The first-order chi connectivity index (χ1) is 6.43. The molecule has 0 spiro atoms. The van der Waals surface area contributed by atoms with Crippen LogP contribution in [-0.4, -0.2) is 22.8 Å². The first kappa shape index (κ1) is 13.1. The maximum Gasteiger partial charge on any atom is 0.166 e. The molecule has 1 atom stereocenters. The Labute approximate surface area is 88.3 Å². The van der Waals surface area contributed by atoms with E-state index >= 15 is 0 Å². The monoisotopic (exact) mass is 220 g/mol. The molecule has 0 aromatic carbocycles. The smallest absolute Gasteiger partial charge is 0.166 e. The summed E-state index contributed by atoms with van der Waals surface area (Å²) in [5.41, 5.74) is 0. The molecule has 0 radical (unpaired) electrons. The molecule has 1 aliphatic rings. The summed E-state index contributed by atoms with van der Waals surface area (Å²) < 4.78 is 0. The number of hydrogen-bond acceptors (Lipinski definition) is 3. The molecular formula is C9H18NOS2+. The molecule has 76 valence electrons. The van der Waals surface area contributed by atoms with Crippen molar-refractivity contribution in [1.29, 1.82) is 0 Å². The first-order valence-electron chi connectivity index (χ1n) is 4.51. The summed E-state index contributed by atoms with van der Waals surface area (Å²) in [5, 5.41) is 11.2. The van der Waals surface area contributed by atoms with Crippen LogP contribution in [0.4, 0.5) is 0 Å². The van der Waals surface area contributed by atoms with Crippen LogP contribution in [0, 0.1) is 0 Å². The third-order valence-electron chi connectivity index (χ3n) is 1.18. The number of hydrogen-bond donors (Lipinski definition) is 2. The molecule has 0 amide bonds. The Hall–Kier alpha value is 0.1000. The standard InChI is InChI=1S/C7H11NOS2.C2H6/c9-5-6-10-11-7-3-1-2-4-8-7;1-2/h1-4,7-9H,5-6H2;1-2H3/p+1. The molecule has 1 aliphatic heterocycles. The van der Waals surface area contributed by atoms with Crippen molar-refractivity contribution < 1.29 is 10.4 Å². The quantitative estimate of drug-likeness (QED) is 0.555. The molecule has 0 fully saturated rings. The zero-order valence-corrected chi connectivity index (χ0v) is 9.78. The predicted molar refractivity (Wildman–Crippen MR) is 62.5 cm³/mol. The van der Waals surface area contributed by atoms with Crippen LogP contribution in [0.25, 0.3) is 0 Å². The van der Waals surface area contributed by atoms with E-state index in [-0.39, 0.29) is 6.61 Å². The Balaban J connectivity index is 0.000000671. The third kappa shape index (κ3) is 7.19. The molecule has 13 heavy (non-hydrogen) atoms. The van der Waals surface area contributed by atoms with E-state index in [0.717, 1.165) is 5.75 Å². The summed E-state index contributed by atoms with van der Waals surface area (Å²) in [4.78, 5) is 0. The van der Waals surface area contributed by atoms with Gasteiger partial charge in [-0.25, -0.2) is 0 Å². The summed E-state index contributed by atoms with van der Waals surface area (Å²) in [6, 6.07) is 0. The number of nitrogens with two attached hydrogens (primary N) is 1. The maximum atomic E-state index is 8.52. The van der Waals surface area contributed by atoms with E-state index in [1.165, 1.54) is 0 Å². The van der Waals surface area contributed by atoms with Gasteiger partial charge in [-0.05, 0) is 22.9 Å². The summed E-state index contributed by atoms with van der Waals surface area (Å²) in [7, 11) is 3.50. The van der Waals surface area contributed by atoms with Crippen molar-refractivity contribution in [3.63, 3.8) is 0 Å². The van der Waals surface area contributed by atoms with Gasteiger partial charge in [0, 0.05) is 5.75 Å². The van der Waals surface area contributed by atoms with E-state index in [1.54, 1.807) is 21.6 Å². The lowest BCUT2D eigenvalue weighted by atomic mass is 10.4. The van der Waals surface area contributed by atoms with Crippen LogP contribution in [0.2, 0.25) is 0 Å². The molecule has 0 aromatic heterocycles. The number of aliphatic hydroxyl groups is 1. The summed E-state index contributed by atoms with van der Waals surface area (Å²) in [6.07, 6.45) is 8.27. The van der Waals surface area contributed by atoms with Gasteiger partial charge < -0.3 is 10.4 Å². The van der Waals surface area contributed by atoms with Gasteiger partial charge in [-0.2, -0.15) is 0 Å². The van der Waals surface area contributed by atoms with Crippen LogP contribution in [0.3, 0.4) is 0 Å². The van der Waals surface area contributed by atoms with E-state index in [9.17, 15) is 0 Å². The lowest BCUT2D eigenvalue weighted by Gasteiger charge is -2.08. The highest BCUT2D eigenvalue weighted by Crippen LogP contribution is 2.23. The molecule has 2 nitrogen and oxygen atoms in total. The Morgan fingerprint density at radius 2 is 2.15 bits per heavy atom. The van der Waals surface area contributed by atoms with Gasteiger partial charge in [0.15, 0.2) is 5.37 Å². The molecule has 1 rings (SSSR count). The average molecular weight is 220 g/mol. The van der Waals surface area contributed by atoms with Gasteiger partial charge >= 0.3 is 0 Å². The second kappa shape index (κ2) is 10.2. The lowest BCUT2D eigenvalue weighted by Crippen LogP contribution is -2.83. The third-order valence-corrected chi connectivity index (χ3v) is 3.77. The minimum absolute atomic E-state index is 0.268. The van der Waals surface area contributed by atoms with Crippen molar-refractivity contribution in [2.75, 3.05) is 12.4 Å². The van der Waals surface area contributed by atoms with Crippen molar-refractivity contribution in [2.45, 2.75) is 19.2 Å². The summed E-state index contributed by atoms with van der Waals surface area (Å²) in [6.45, 7) is 4.27. The maximum absolute atomic E-state index is 8.52. The zero-order chi connectivity index (χ0) is 9.94. The molecule has 0 bridgehead atoms. The second-order valence-corrected chi connectivity index (χ2v) is 4.73. The van der Waals surface area contributed by atoms with E-state index in [1.807, 2.05) is 19.9 Å². The minimum atomic E-state index is 0.268. The number of rotatable bonds is 4. The highest BCUT2D eigenvalue weighted by Gasteiger charge is 2.07. The van der Waals surface area contributed by atoms with Crippen molar-refractivity contribution >= 4 is 21.6 Å². The van der Waals surface area contributed by atoms with Crippen molar-refractivity contribution in [3.05, 3.63) is 24.4 Å². The zero-order valence-electron chi connectivity index (χ0n) is 8.14. The second-order valence-electron chi connectivity index (χ2n) is 2.07. The van der Waals surface area contributed by atoms with E-state index < -0.39 is 0 Å². The first-order valence-corrected chi connectivity index (χ1v) is 6.89. The van der Waals surface area contributed by atoms with Gasteiger partial charge in [0.2, 0.25) is 0 Å². The normalized spacial score (nSPS) is 19.5. The lowest BCUT2D eigenvalue weighted by molar-refractivity contribution is -0.592. The Bertz CT molecular complexity index is 160. The van der Waals surface area contributed by atoms with Crippen LogP contribution >= 0.6 is 21.6 Å². The van der Waals surface area contributed by atoms with Crippen LogP contribution in [-0.2, 0) is 0 Å². The van der Waals surface area contributed by atoms with Crippen molar-refractivity contribution in [3.8, 4) is 0 Å². The van der Waals surface area contributed by atoms with Crippen LogP contribution in [0.1, 0.15) is 13.8 Å². The van der Waals surface area contributed by atoms with Gasteiger partial charge in [0.05, 0.1) is 12.8 Å². The molecule has 4 heteroatoms. The van der Waals surface area contributed by atoms with Crippen molar-refractivity contribution in [1.82, 2.24) is 0 Å². The molecule has 0 saturated carbocycles. The van der Waals surface area contributed by atoms with Gasteiger partial charge in [-0.15, -0.1) is 0 Å². The fraction of sp³-hybridized carbons (Fsp3) is 0.556. The Morgan fingerprint density at radius 3 is 2.69 bits per heavy atom. The van der Waals surface area contributed by atoms with Gasteiger partial charge in [-0.3, -0.25) is 0 Å². The molecule has 0 aliphatic carbocycles. The fourth-order valence-electron chi connectivity index (χ4n) is 0.704. The van der Waals surface area contributed by atoms with Crippen molar-refractivity contribution in [2.24, 2.45) is 0 Å². The van der Waals surface area contributed by atoms with Gasteiger partial charge in [0.1, 0.15) is 0 Å². The Kier molecular flexibility index (Phi) is 10.3. The van der Waals surface area contributed by atoms with E-state index in [2.05, 4.69) is 23.7 Å². The van der Waals surface area contributed by atoms with Gasteiger partial charge in [-0.1, -0.05) is 30.7 Å². The fourth-order valence-corrected chi connectivity index (χ4v) is 2.71. The largest absolute Gasteiger partial charge is 0.395 e. The number of quaternary nitrogens is 1. The molecular weight excluding hydrogens is 202 g/mol. The highest BCUT2D eigenvalue weighted by atomic mass is 33.1. The molecule has 0 aromatic rings. The van der Waals surface area contributed by atoms with Crippen LogP contribution in [0.15, 0.2) is 24.4 Å². The average Bonchev–Trinajstić information content (AvgIpc) is 2.23. The minimum Gasteiger partial charge on any atom is -0.395 e. The number of allylic oxidation sites excluding steroid dienone is 2. The van der Waals surface area contributed by atoms with Crippen LogP contribution < -0.4 is 5.32 Å². The highest BCUT2D eigenvalue weighted by molar-refractivity contribution is 8.76. The SMILES string of the molecule is CC.OCCSSC1C=CC=C[NH2+]1. The van der Waals surface area contributed by atoms with Gasteiger partial charge in [0.25, 0.3) is 0 Å². The Morgan fingerprint density at radius 1 is 1.38 bits per heavy atom. The van der Waals surface area contributed by atoms with E-state index in [0.29, 0.717) is 5.37 Å². The van der Waals surface area contributed by atoms with Crippen LogP contribution in [0.5, 0.6) is 0 Å². The summed E-state index contributed by atoms with van der Waals surface area (Å²) >= 11 is 0. The van der Waals surface area contributed by atoms with E-state index in [4.69, 9.17) is 5.11 Å². The molecule has 3 N–H and O–H groups in total. The molecule has 1 heterocycles. The predicted octanol–water partition coefficient (Wildman–Crippen LogP) is 1.36. The molecule has 0 saturated heterocycles. The number of aliphatic hydroxyl groups excluding tert-OH is 1. The summed E-state index contributed by atoms with van der Waals surface area (Å²) in [5.74, 6) is 0.812.